The van der Waals surface area contributed by atoms with Crippen LogP contribution < -0.4 is 4.90 Å². The van der Waals surface area contributed by atoms with Crippen LogP contribution in [-0.2, 0) is 9.53 Å². The smallest absolute Gasteiger partial charge is 0.326 e. The summed E-state index contributed by atoms with van der Waals surface area (Å²) in [7, 11) is 0. The second-order valence-corrected chi connectivity index (χ2v) is 8.57. The van der Waals surface area contributed by atoms with E-state index in [2.05, 4.69) is 0 Å². The van der Waals surface area contributed by atoms with Crippen molar-refractivity contribution in [2.75, 3.05) is 11.4 Å². The van der Waals surface area contributed by atoms with Gasteiger partial charge in [-0.1, -0.05) is 41.9 Å². The SMILES string of the molecule is CC(C)(C)OC(=O)CN(C(=O)c1c(F)cccc1F)c1cccc(-c2cccc(Cl)c2)c1. The van der Waals surface area contributed by atoms with E-state index in [0.29, 0.717) is 10.6 Å². The van der Waals surface area contributed by atoms with Crippen LogP contribution in [0.15, 0.2) is 66.7 Å². The zero-order chi connectivity index (χ0) is 23.5. The first kappa shape index (κ1) is 23.4. The first-order valence-electron chi connectivity index (χ1n) is 9.89. The highest BCUT2D eigenvalue weighted by Crippen LogP contribution is 2.28. The summed E-state index contributed by atoms with van der Waals surface area (Å²) in [6.45, 7) is 4.54. The quantitative estimate of drug-likeness (QED) is 0.424. The third kappa shape index (κ3) is 5.71. The highest BCUT2D eigenvalue weighted by molar-refractivity contribution is 6.30. The van der Waals surface area contributed by atoms with Gasteiger partial charge in [0.1, 0.15) is 29.3 Å². The van der Waals surface area contributed by atoms with Gasteiger partial charge in [0.2, 0.25) is 0 Å². The lowest BCUT2D eigenvalue weighted by Crippen LogP contribution is -2.39. The lowest BCUT2D eigenvalue weighted by molar-refractivity contribution is -0.152. The largest absolute Gasteiger partial charge is 0.459 e. The van der Waals surface area contributed by atoms with Gasteiger partial charge < -0.3 is 4.74 Å². The molecule has 0 aliphatic carbocycles. The van der Waals surface area contributed by atoms with Crippen LogP contribution in [0.1, 0.15) is 31.1 Å². The van der Waals surface area contributed by atoms with Crippen LogP contribution in [0, 0.1) is 11.6 Å². The number of hydrogen-bond donors (Lipinski definition) is 0. The molecule has 32 heavy (non-hydrogen) atoms. The summed E-state index contributed by atoms with van der Waals surface area (Å²) in [6, 6.07) is 16.9. The first-order valence-corrected chi connectivity index (χ1v) is 10.3. The number of ether oxygens (including phenoxy) is 1. The third-order valence-electron chi connectivity index (χ3n) is 4.44. The van der Waals surface area contributed by atoms with E-state index in [9.17, 15) is 18.4 Å². The lowest BCUT2D eigenvalue weighted by atomic mass is 10.0. The number of nitrogens with zero attached hydrogens (tertiary/aromatic N) is 1. The molecule has 0 saturated carbocycles. The topological polar surface area (TPSA) is 46.6 Å². The molecular weight excluding hydrogens is 436 g/mol. The van der Waals surface area contributed by atoms with E-state index in [1.54, 1.807) is 63.2 Å². The maximum atomic E-state index is 14.4. The summed E-state index contributed by atoms with van der Waals surface area (Å²) in [5, 5.41) is 0.531. The zero-order valence-corrected chi connectivity index (χ0v) is 18.6. The molecule has 0 aliphatic heterocycles. The Bertz CT molecular complexity index is 1140. The Hall–Kier alpha value is -3.25. The Labute approximate surface area is 190 Å². The number of anilines is 1. The molecule has 3 aromatic rings. The third-order valence-corrected chi connectivity index (χ3v) is 4.68. The van der Waals surface area contributed by atoms with E-state index in [-0.39, 0.29) is 5.69 Å². The molecule has 3 aromatic carbocycles. The summed E-state index contributed by atoms with van der Waals surface area (Å²) in [5.41, 5.74) is 0.227. The molecule has 3 rings (SSSR count). The molecule has 0 bridgehead atoms. The van der Waals surface area contributed by atoms with Gasteiger partial charge in [0.05, 0.1) is 0 Å². The molecule has 0 aliphatic rings. The van der Waals surface area contributed by atoms with Gasteiger partial charge in [0.25, 0.3) is 5.91 Å². The monoisotopic (exact) mass is 457 g/mol. The summed E-state index contributed by atoms with van der Waals surface area (Å²) in [5.74, 6) is -3.74. The Morgan fingerprint density at radius 1 is 0.906 bits per heavy atom. The molecule has 0 unspecified atom stereocenters. The number of carbonyl (C=O) groups is 2. The van der Waals surface area contributed by atoms with Gasteiger partial charge in [-0.15, -0.1) is 0 Å². The van der Waals surface area contributed by atoms with Crippen molar-refractivity contribution in [2.24, 2.45) is 0 Å². The number of carbonyl (C=O) groups excluding carboxylic acids is 2. The van der Waals surface area contributed by atoms with Gasteiger partial charge in [0, 0.05) is 10.7 Å². The van der Waals surface area contributed by atoms with Crippen molar-refractivity contribution in [3.05, 3.63) is 89.0 Å². The van der Waals surface area contributed by atoms with Crippen LogP contribution in [-0.4, -0.2) is 24.0 Å². The highest BCUT2D eigenvalue weighted by atomic mass is 35.5. The fourth-order valence-corrected chi connectivity index (χ4v) is 3.33. The van der Waals surface area contributed by atoms with E-state index in [4.69, 9.17) is 16.3 Å². The van der Waals surface area contributed by atoms with E-state index < -0.39 is 41.2 Å². The molecule has 0 radical (unpaired) electrons. The summed E-state index contributed by atoms with van der Waals surface area (Å²) >= 11 is 6.08. The van der Waals surface area contributed by atoms with E-state index in [1.165, 1.54) is 6.07 Å². The molecule has 4 nitrogen and oxygen atoms in total. The predicted molar refractivity (Wildman–Crippen MR) is 121 cm³/mol. The minimum atomic E-state index is -1.02. The van der Waals surface area contributed by atoms with Crippen molar-refractivity contribution in [3.63, 3.8) is 0 Å². The van der Waals surface area contributed by atoms with Crippen LogP contribution in [0.5, 0.6) is 0 Å². The molecule has 0 aromatic heterocycles. The molecule has 0 spiro atoms. The lowest BCUT2D eigenvalue weighted by Gasteiger charge is -2.26. The molecule has 166 valence electrons. The number of esters is 1. The van der Waals surface area contributed by atoms with Gasteiger partial charge in [-0.25, -0.2) is 8.78 Å². The Morgan fingerprint density at radius 3 is 2.06 bits per heavy atom. The van der Waals surface area contributed by atoms with Crippen molar-refractivity contribution in [1.82, 2.24) is 0 Å². The van der Waals surface area contributed by atoms with Crippen LogP contribution in [0.4, 0.5) is 14.5 Å². The minimum Gasteiger partial charge on any atom is -0.459 e. The fraction of sp³-hybridized carbons (Fsp3) is 0.200. The molecule has 0 heterocycles. The molecule has 0 fully saturated rings. The Kier molecular flexibility index (Phi) is 6.94. The molecule has 7 heteroatoms. The van der Waals surface area contributed by atoms with Crippen LogP contribution in [0.3, 0.4) is 0 Å². The fourth-order valence-electron chi connectivity index (χ4n) is 3.14. The molecule has 0 N–H and O–H groups in total. The van der Waals surface area contributed by atoms with E-state index in [1.807, 2.05) is 6.07 Å². The normalized spacial score (nSPS) is 11.2. The number of rotatable bonds is 5. The summed E-state index contributed by atoms with van der Waals surface area (Å²) < 4.78 is 34.0. The standard InChI is InChI=1S/C25H22ClF2NO3/c1-25(2,3)32-22(30)15-29(24(31)23-20(27)11-6-12-21(23)28)19-10-5-8-17(14-19)16-7-4-9-18(26)13-16/h4-14H,15H2,1-3H3. The van der Waals surface area contributed by atoms with Crippen molar-refractivity contribution in [1.29, 1.82) is 0 Å². The molecule has 1 amide bonds. The van der Waals surface area contributed by atoms with Crippen molar-refractivity contribution < 1.29 is 23.1 Å². The number of hydrogen-bond acceptors (Lipinski definition) is 3. The second-order valence-electron chi connectivity index (χ2n) is 8.14. The average molecular weight is 458 g/mol. The van der Waals surface area contributed by atoms with Crippen molar-refractivity contribution >= 4 is 29.2 Å². The summed E-state index contributed by atoms with van der Waals surface area (Å²) in [4.78, 5) is 26.7. The van der Waals surface area contributed by atoms with Gasteiger partial charge in [-0.3, -0.25) is 14.5 Å². The van der Waals surface area contributed by atoms with E-state index in [0.717, 1.165) is 22.6 Å². The number of amides is 1. The van der Waals surface area contributed by atoms with Gasteiger partial charge in [-0.05, 0) is 68.3 Å². The molecule has 0 atom stereocenters. The van der Waals surface area contributed by atoms with Crippen LogP contribution in [0.25, 0.3) is 11.1 Å². The van der Waals surface area contributed by atoms with Crippen LogP contribution in [0.2, 0.25) is 5.02 Å². The minimum absolute atomic E-state index is 0.279. The number of halogens is 3. The Balaban J connectivity index is 2.05. The van der Waals surface area contributed by atoms with Crippen LogP contribution >= 0.6 is 11.6 Å². The predicted octanol–water partition coefficient (Wildman–Crippen LogP) is 6.27. The molecule has 0 saturated heterocycles. The van der Waals surface area contributed by atoms with Gasteiger partial charge in [0.15, 0.2) is 0 Å². The zero-order valence-electron chi connectivity index (χ0n) is 17.9. The molecular formula is C25H22ClF2NO3. The maximum absolute atomic E-state index is 14.4. The second kappa shape index (κ2) is 9.49. The first-order chi connectivity index (χ1) is 15.0. The Morgan fingerprint density at radius 2 is 1.47 bits per heavy atom. The van der Waals surface area contributed by atoms with Crippen molar-refractivity contribution in [2.45, 2.75) is 26.4 Å². The van der Waals surface area contributed by atoms with Crippen molar-refractivity contribution in [3.8, 4) is 11.1 Å². The summed E-state index contributed by atoms with van der Waals surface area (Å²) in [6.07, 6.45) is 0. The maximum Gasteiger partial charge on any atom is 0.326 e. The van der Waals surface area contributed by atoms with Gasteiger partial charge in [-0.2, -0.15) is 0 Å². The van der Waals surface area contributed by atoms with Gasteiger partial charge >= 0.3 is 5.97 Å². The highest BCUT2D eigenvalue weighted by Gasteiger charge is 2.28. The number of benzene rings is 3. The average Bonchev–Trinajstić information content (AvgIpc) is 2.70. The van der Waals surface area contributed by atoms with E-state index >= 15 is 0 Å².